The number of rotatable bonds is 5. The molecule has 2 aromatic rings. The first-order chi connectivity index (χ1) is 13.6. The summed E-state index contributed by atoms with van der Waals surface area (Å²) in [5.74, 6) is 4.03. The van der Waals surface area contributed by atoms with E-state index in [4.69, 9.17) is 28.4 Å². The molecule has 150 valence electrons. The fraction of sp³-hybridized carbons (Fsp3) is 0.455. The van der Waals surface area contributed by atoms with Crippen molar-refractivity contribution >= 4 is 0 Å². The van der Waals surface area contributed by atoms with Crippen LogP contribution in [-0.4, -0.2) is 28.1 Å². The van der Waals surface area contributed by atoms with E-state index in [1.807, 2.05) is 24.3 Å². The maximum Gasteiger partial charge on any atom is 0.231 e. The summed E-state index contributed by atoms with van der Waals surface area (Å²) in [4.78, 5) is 0. The lowest BCUT2D eigenvalue weighted by Crippen LogP contribution is -2.10. The van der Waals surface area contributed by atoms with E-state index in [-0.39, 0.29) is 19.0 Å². The zero-order chi connectivity index (χ0) is 19.8. The molecule has 0 aliphatic carbocycles. The highest BCUT2D eigenvalue weighted by Gasteiger charge is 2.41. The Kier molecular flexibility index (Phi) is 4.98. The zero-order valence-corrected chi connectivity index (χ0v) is 16.9. The predicted octanol–water partition coefficient (Wildman–Crippen LogP) is 4.53. The summed E-state index contributed by atoms with van der Waals surface area (Å²) in [5, 5.41) is 0. The number of hydrogen-bond donors (Lipinski definition) is 0. The molecule has 2 aromatic carbocycles. The molecule has 6 nitrogen and oxygen atoms in total. The average Bonchev–Trinajstić information content (AvgIpc) is 3.31. The highest BCUT2D eigenvalue weighted by atomic mass is 16.7. The Balaban J connectivity index is 1.66. The fourth-order valence-electron chi connectivity index (χ4n) is 4.08. The Morgan fingerprint density at radius 2 is 1.36 bits per heavy atom. The standard InChI is InChI=1S/C22H26O6/c1-12-13(2)21(15-9-18(23-3)22(25-5)19(10-15)24-4)28-20(12)14-6-7-16-17(8-14)27-11-26-16/h6-10,12-13,20-21H,11H2,1-5H3/t12-,13-,20-,21-/m1/s1. The van der Waals surface area contributed by atoms with E-state index in [9.17, 15) is 0 Å². The van der Waals surface area contributed by atoms with Gasteiger partial charge in [0.1, 0.15) is 0 Å². The van der Waals surface area contributed by atoms with Crippen LogP contribution in [0, 0.1) is 11.8 Å². The van der Waals surface area contributed by atoms with E-state index in [1.165, 1.54) is 0 Å². The van der Waals surface area contributed by atoms with Crippen molar-refractivity contribution in [3.05, 3.63) is 41.5 Å². The van der Waals surface area contributed by atoms with Crippen molar-refractivity contribution < 1.29 is 28.4 Å². The minimum Gasteiger partial charge on any atom is -0.493 e. The van der Waals surface area contributed by atoms with Crippen LogP contribution in [-0.2, 0) is 4.74 Å². The lowest BCUT2D eigenvalue weighted by Gasteiger charge is -2.20. The smallest absolute Gasteiger partial charge is 0.231 e. The number of hydrogen-bond acceptors (Lipinski definition) is 6. The molecule has 2 heterocycles. The molecular formula is C22H26O6. The van der Waals surface area contributed by atoms with Crippen LogP contribution >= 0.6 is 0 Å². The Hall–Kier alpha value is -2.60. The van der Waals surface area contributed by atoms with Gasteiger partial charge < -0.3 is 28.4 Å². The van der Waals surface area contributed by atoms with Crippen LogP contribution in [0.4, 0.5) is 0 Å². The molecule has 0 aromatic heterocycles. The summed E-state index contributed by atoms with van der Waals surface area (Å²) in [5.41, 5.74) is 2.11. The van der Waals surface area contributed by atoms with E-state index in [2.05, 4.69) is 19.9 Å². The third kappa shape index (κ3) is 3.02. The second-order valence-electron chi connectivity index (χ2n) is 7.27. The summed E-state index contributed by atoms with van der Waals surface area (Å²) >= 11 is 0. The number of methoxy groups -OCH3 is 3. The summed E-state index contributed by atoms with van der Waals surface area (Å²) < 4.78 is 34.0. The van der Waals surface area contributed by atoms with Crippen molar-refractivity contribution in [1.29, 1.82) is 0 Å². The van der Waals surface area contributed by atoms with Gasteiger partial charge in [-0.25, -0.2) is 0 Å². The van der Waals surface area contributed by atoms with Gasteiger partial charge in [-0.15, -0.1) is 0 Å². The van der Waals surface area contributed by atoms with Crippen LogP contribution in [0.15, 0.2) is 30.3 Å². The first-order valence-corrected chi connectivity index (χ1v) is 9.42. The first kappa shape index (κ1) is 18.7. The summed E-state index contributed by atoms with van der Waals surface area (Å²) in [6.45, 7) is 4.70. The van der Waals surface area contributed by atoms with Crippen molar-refractivity contribution in [1.82, 2.24) is 0 Å². The van der Waals surface area contributed by atoms with Gasteiger partial charge in [0.05, 0.1) is 33.5 Å². The molecule has 1 saturated heterocycles. The lowest BCUT2D eigenvalue weighted by atomic mass is 9.85. The number of benzene rings is 2. The van der Waals surface area contributed by atoms with Crippen molar-refractivity contribution in [2.24, 2.45) is 11.8 Å². The molecule has 2 aliphatic rings. The van der Waals surface area contributed by atoms with Crippen LogP contribution < -0.4 is 23.7 Å². The summed E-state index contributed by atoms with van der Waals surface area (Å²) in [7, 11) is 4.85. The molecule has 28 heavy (non-hydrogen) atoms. The lowest BCUT2D eigenvalue weighted by molar-refractivity contribution is 0.0287. The van der Waals surface area contributed by atoms with Crippen LogP contribution in [0.2, 0.25) is 0 Å². The van der Waals surface area contributed by atoms with Crippen LogP contribution in [0.25, 0.3) is 0 Å². The molecule has 0 saturated carbocycles. The van der Waals surface area contributed by atoms with Crippen LogP contribution in [0.3, 0.4) is 0 Å². The molecule has 4 atom stereocenters. The maximum atomic E-state index is 6.54. The molecule has 2 aliphatic heterocycles. The predicted molar refractivity (Wildman–Crippen MR) is 104 cm³/mol. The second-order valence-corrected chi connectivity index (χ2v) is 7.27. The quantitative estimate of drug-likeness (QED) is 0.753. The summed E-state index contributed by atoms with van der Waals surface area (Å²) in [6.07, 6.45) is -0.118. The van der Waals surface area contributed by atoms with Crippen molar-refractivity contribution in [2.75, 3.05) is 28.1 Å². The van der Waals surface area contributed by atoms with Gasteiger partial charge in [-0.1, -0.05) is 19.9 Å². The van der Waals surface area contributed by atoms with Gasteiger partial charge in [0, 0.05) is 0 Å². The van der Waals surface area contributed by atoms with Gasteiger partial charge in [-0.05, 0) is 47.2 Å². The van der Waals surface area contributed by atoms with Gasteiger partial charge in [-0.2, -0.15) is 0 Å². The molecule has 6 heteroatoms. The molecule has 0 unspecified atom stereocenters. The first-order valence-electron chi connectivity index (χ1n) is 9.42. The fourth-order valence-corrected chi connectivity index (χ4v) is 4.08. The molecule has 0 amide bonds. The minimum atomic E-state index is -0.0841. The molecular weight excluding hydrogens is 360 g/mol. The van der Waals surface area contributed by atoms with Crippen molar-refractivity contribution in [3.8, 4) is 28.7 Å². The molecule has 0 spiro atoms. The van der Waals surface area contributed by atoms with Gasteiger partial charge in [-0.3, -0.25) is 0 Å². The minimum absolute atomic E-state index is 0.0337. The average molecular weight is 386 g/mol. The van der Waals surface area contributed by atoms with E-state index in [0.29, 0.717) is 29.1 Å². The van der Waals surface area contributed by atoms with E-state index >= 15 is 0 Å². The maximum absolute atomic E-state index is 6.54. The molecule has 0 N–H and O–H groups in total. The van der Waals surface area contributed by atoms with Crippen molar-refractivity contribution in [3.63, 3.8) is 0 Å². The number of ether oxygens (including phenoxy) is 6. The van der Waals surface area contributed by atoms with Crippen LogP contribution in [0.5, 0.6) is 28.7 Å². The Morgan fingerprint density at radius 1 is 0.750 bits per heavy atom. The topological polar surface area (TPSA) is 55.4 Å². The third-order valence-electron chi connectivity index (χ3n) is 5.82. The Morgan fingerprint density at radius 3 is 1.96 bits per heavy atom. The second kappa shape index (κ2) is 7.43. The van der Waals surface area contributed by atoms with Gasteiger partial charge in [0.15, 0.2) is 23.0 Å². The SMILES string of the molecule is COc1cc([C@@H]2O[C@@H](c3ccc4c(c3)OCO4)[C@H](C)[C@H]2C)cc(OC)c1OC. The number of fused-ring (bicyclic) bond motifs is 1. The third-order valence-corrected chi connectivity index (χ3v) is 5.82. The highest BCUT2D eigenvalue weighted by Crippen LogP contribution is 2.52. The molecule has 0 bridgehead atoms. The van der Waals surface area contributed by atoms with Gasteiger partial charge in [0.2, 0.25) is 12.5 Å². The van der Waals surface area contributed by atoms with E-state index in [0.717, 1.165) is 22.6 Å². The monoisotopic (exact) mass is 386 g/mol. The van der Waals surface area contributed by atoms with Crippen molar-refractivity contribution in [2.45, 2.75) is 26.1 Å². The molecule has 4 rings (SSSR count). The largest absolute Gasteiger partial charge is 0.493 e. The Labute approximate surface area is 165 Å². The molecule has 1 fully saturated rings. The van der Waals surface area contributed by atoms with E-state index in [1.54, 1.807) is 21.3 Å². The Bertz CT molecular complexity index is 839. The zero-order valence-electron chi connectivity index (χ0n) is 16.9. The van der Waals surface area contributed by atoms with Gasteiger partial charge >= 0.3 is 0 Å². The van der Waals surface area contributed by atoms with Crippen LogP contribution in [0.1, 0.15) is 37.2 Å². The normalized spacial score (nSPS) is 25.6. The molecule has 0 radical (unpaired) electrons. The summed E-state index contributed by atoms with van der Waals surface area (Å²) in [6, 6.07) is 9.96. The van der Waals surface area contributed by atoms with Gasteiger partial charge in [0.25, 0.3) is 0 Å². The highest BCUT2D eigenvalue weighted by molar-refractivity contribution is 5.54. The van der Waals surface area contributed by atoms with E-state index < -0.39 is 0 Å².